The zero-order chi connectivity index (χ0) is 20.5. The summed E-state index contributed by atoms with van der Waals surface area (Å²) in [6.07, 6.45) is 4.41. The van der Waals surface area contributed by atoms with Crippen LogP contribution >= 0.6 is 11.3 Å². The molecule has 1 N–H and O–H groups in total. The lowest BCUT2D eigenvalue weighted by molar-refractivity contribution is 0.0750. The number of amides is 2. The van der Waals surface area contributed by atoms with Gasteiger partial charge >= 0.3 is 0 Å². The molecule has 152 valence electrons. The number of nitrogens with zero attached hydrogens (tertiary/aromatic N) is 1. The third-order valence-corrected chi connectivity index (χ3v) is 6.35. The van der Waals surface area contributed by atoms with E-state index in [4.69, 9.17) is 4.42 Å². The maximum atomic E-state index is 12.8. The normalized spacial score (nSPS) is 13.5. The number of anilines is 1. The van der Waals surface area contributed by atoms with Gasteiger partial charge < -0.3 is 14.6 Å². The fourth-order valence-electron chi connectivity index (χ4n) is 3.94. The van der Waals surface area contributed by atoms with Gasteiger partial charge in [-0.2, -0.15) is 0 Å². The Morgan fingerprint density at radius 3 is 2.79 bits per heavy atom. The Balaban J connectivity index is 1.52. The molecule has 0 spiro atoms. The standard InChI is InChI=1S/C23H26N2O3S/c1-14(2)12-25(3)23(27)20-11-16-10-17(8-9-19(16)28-20)24-22(26)21-18-7-5-4-6-15(18)13-29-21/h8-11,13-14H,4-7,12H2,1-3H3,(H,24,26). The van der Waals surface area contributed by atoms with E-state index in [0.717, 1.165) is 29.5 Å². The van der Waals surface area contributed by atoms with Gasteiger partial charge in [0, 0.05) is 24.7 Å². The summed E-state index contributed by atoms with van der Waals surface area (Å²) in [5, 5.41) is 5.93. The second kappa shape index (κ2) is 8.03. The van der Waals surface area contributed by atoms with Crippen LogP contribution in [0.4, 0.5) is 5.69 Å². The Kier molecular flexibility index (Phi) is 5.46. The van der Waals surface area contributed by atoms with Crippen molar-refractivity contribution in [1.82, 2.24) is 4.90 Å². The fraction of sp³-hybridized carbons (Fsp3) is 0.391. The van der Waals surface area contributed by atoms with Gasteiger partial charge in [-0.3, -0.25) is 9.59 Å². The summed E-state index contributed by atoms with van der Waals surface area (Å²) >= 11 is 1.53. The predicted molar refractivity (Wildman–Crippen MR) is 117 cm³/mol. The van der Waals surface area contributed by atoms with Gasteiger partial charge in [0.05, 0.1) is 4.88 Å². The summed E-state index contributed by atoms with van der Waals surface area (Å²) in [5.74, 6) is 0.511. The summed E-state index contributed by atoms with van der Waals surface area (Å²) in [6.45, 7) is 4.81. The number of aryl methyl sites for hydroxylation is 1. The topological polar surface area (TPSA) is 62.6 Å². The van der Waals surface area contributed by atoms with E-state index in [1.807, 2.05) is 12.1 Å². The van der Waals surface area contributed by atoms with Gasteiger partial charge in [0.15, 0.2) is 5.76 Å². The van der Waals surface area contributed by atoms with E-state index in [1.54, 1.807) is 24.1 Å². The van der Waals surface area contributed by atoms with Crippen LogP contribution in [-0.4, -0.2) is 30.3 Å². The summed E-state index contributed by atoms with van der Waals surface area (Å²) in [7, 11) is 1.78. The molecule has 0 atom stereocenters. The van der Waals surface area contributed by atoms with E-state index in [0.29, 0.717) is 29.5 Å². The second-order valence-electron chi connectivity index (χ2n) is 8.17. The van der Waals surface area contributed by atoms with Crippen molar-refractivity contribution >= 4 is 39.8 Å². The van der Waals surface area contributed by atoms with Crippen LogP contribution < -0.4 is 5.32 Å². The second-order valence-corrected chi connectivity index (χ2v) is 9.05. The first-order chi connectivity index (χ1) is 13.9. The van der Waals surface area contributed by atoms with Crippen LogP contribution in [0.15, 0.2) is 34.1 Å². The molecule has 6 heteroatoms. The SMILES string of the molecule is CC(C)CN(C)C(=O)c1cc2cc(NC(=O)c3scc4c3CCCC4)ccc2o1. The van der Waals surface area contributed by atoms with Crippen molar-refractivity contribution in [3.63, 3.8) is 0 Å². The molecule has 5 nitrogen and oxygen atoms in total. The van der Waals surface area contributed by atoms with Crippen LogP contribution in [-0.2, 0) is 12.8 Å². The maximum absolute atomic E-state index is 12.8. The number of hydrogen-bond acceptors (Lipinski definition) is 4. The molecule has 3 aromatic rings. The summed E-state index contributed by atoms with van der Waals surface area (Å²) in [5.41, 5.74) is 3.88. The maximum Gasteiger partial charge on any atom is 0.289 e. The minimum absolute atomic E-state index is 0.0611. The Bertz CT molecular complexity index is 1060. The van der Waals surface area contributed by atoms with Crippen LogP contribution in [0.1, 0.15) is 58.0 Å². The van der Waals surface area contributed by atoms with Gasteiger partial charge in [0.2, 0.25) is 0 Å². The van der Waals surface area contributed by atoms with E-state index in [9.17, 15) is 9.59 Å². The van der Waals surface area contributed by atoms with Gasteiger partial charge in [-0.1, -0.05) is 13.8 Å². The summed E-state index contributed by atoms with van der Waals surface area (Å²) < 4.78 is 5.74. The van der Waals surface area contributed by atoms with Crippen LogP contribution in [0, 0.1) is 5.92 Å². The Morgan fingerprint density at radius 1 is 1.21 bits per heavy atom. The number of fused-ring (bicyclic) bond motifs is 2. The molecule has 0 saturated heterocycles. The molecule has 2 heterocycles. The number of benzene rings is 1. The zero-order valence-electron chi connectivity index (χ0n) is 17.1. The lowest BCUT2D eigenvalue weighted by atomic mass is 9.94. The molecule has 0 radical (unpaired) electrons. The van der Waals surface area contributed by atoms with Crippen LogP contribution in [0.2, 0.25) is 0 Å². The average molecular weight is 411 g/mol. The highest BCUT2D eigenvalue weighted by atomic mass is 32.1. The summed E-state index contributed by atoms with van der Waals surface area (Å²) in [6, 6.07) is 7.22. The van der Waals surface area contributed by atoms with E-state index >= 15 is 0 Å². The molecule has 0 unspecified atom stereocenters. The van der Waals surface area contributed by atoms with Gasteiger partial charge in [-0.25, -0.2) is 0 Å². The molecular formula is C23H26N2O3S. The van der Waals surface area contributed by atoms with Gasteiger partial charge in [-0.15, -0.1) is 11.3 Å². The first kappa shape index (κ1) is 19.7. The van der Waals surface area contributed by atoms with Gasteiger partial charge in [-0.05, 0) is 72.4 Å². The highest BCUT2D eigenvalue weighted by Crippen LogP contribution is 2.31. The van der Waals surface area contributed by atoms with Crippen molar-refractivity contribution in [3.05, 3.63) is 51.4 Å². The van der Waals surface area contributed by atoms with Crippen LogP contribution in [0.5, 0.6) is 0 Å². The predicted octanol–water partition coefficient (Wildman–Crippen LogP) is 5.35. The molecule has 0 fully saturated rings. The van der Waals surface area contributed by atoms with Crippen molar-refractivity contribution in [2.45, 2.75) is 39.5 Å². The fourth-order valence-corrected chi connectivity index (χ4v) is 5.00. The number of nitrogens with one attached hydrogen (secondary N) is 1. The number of carbonyl (C=O) groups is 2. The highest BCUT2D eigenvalue weighted by Gasteiger charge is 2.21. The molecular weight excluding hydrogens is 384 g/mol. The monoisotopic (exact) mass is 410 g/mol. The molecule has 0 aliphatic heterocycles. The van der Waals surface area contributed by atoms with Crippen molar-refractivity contribution in [2.24, 2.45) is 5.92 Å². The van der Waals surface area contributed by atoms with Crippen molar-refractivity contribution in [1.29, 1.82) is 0 Å². The van der Waals surface area contributed by atoms with E-state index in [-0.39, 0.29) is 11.8 Å². The largest absolute Gasteiger partial charge is 0.451 e. The molecule has 2 aromatic heterocycles. The lowest BCUT2D eigenvalue weighted by Gasteiger charge is -2.17. The molecule has 0 saturated carbocycles. The Hall–Kier alpha value is -2.60. The smallest absolute Gasteiger partial charge is 0.289 e. The minimum Gasteiger partial charge on any atom is -0.451 e. The number of furan rings is 1. The number of rotatable bonds is 5. The van der Waals surface area contributed by atoms with Crippen molar-refractivity contribution < 1.29 is 14.0 Å². The molecule has 2 amide bonds. The zero-order valence-corrected chi connectivity index (χ0v) is 17.9. The van der Waals surface area contributed by atoms with Crippen LogP contribution in [0.3, 0.4) is 0 Å². The molecule has 1 aliphatic carbocycles. The Labute approximate surface area is 174 Å². The average Bonchev–Trinajstić information content (AvgIpc) is 3.30. The molecule has 4 rings (SSSR count). The van der Waals surface area contributed by atoms with Crippen LogP contribution in [0.25, 0.3) is 11.0 Å². The van der Waals surface area contributed by atoms with E-state index in [1.165, 1.54) is 28.9 Å². The summed E-state index contributed by atoms with van der Waals surface area (Å²) in [4.78, 5) is 27.9. The molecule has 1 aliphatic rings. The third-order valence-electron chi connectivity index (χ3n) is 5.28. The number of thiophene rings is 1. The molecule has 29 heavy (non-hydrogen) atoms. The van der Waals surface area contributed by atoms with E-state index in [2.05, 4.69) is 24.5 Å². The number of carbonyl (C=O) groups excluding carboxylic acids is 2. The quantitative estimate of drug-likeness (QED) is 0.616. The van der Waals surface area contributed by atoms with E-state index < -0.39 is 0 Å². The number of hydrogen-bond donors (Lipinski definition) is 1. The van der Waals surface area contributed by atoms with Gasteiger partial charge in [0.1, 0.15) is 5.58 Å². The van der Waals surface area contributed by atoms with Crippen molar-refractivity contribution in [2.75, 3.05) is 18.9 Å². The lowest BCUT2D eigenvalue weighted by Crippen LogP contribution is -2.29. The minimum atomic E-state index is -0.134. The van der Waals surface area contributed by atoms with Crippen molar-refractivity contribution in [3.8, 4) is 0 Å². The third kappa shape index (κ3) is 4.08. The Morgan fingerprint density at radius 2 is 2.00 bits per heavy atom. The van der Waals surface area contributed by atoms with Gasteiger partial charge in [0.25, 0.3) is 11.8 Å². The first-order valence-corrected chi connectivity index (χ1v) is 11.0. The molecule has 0 bridgehead atoms. The first-order valence-electron chi connectivity index (χ1n) is 10.1. The molecule has 1 aromatic carbocycles. The highest BCUT2D eigenvalue weighted by molar-refractivity contribution is 7.12.